The Kier molecular flexibility index (Phi) is 8.29. The maximum Gasteiger partial charge on any atom is 0.251 e. The molecular weight excluding hydrogens is 334 g/mol. The highest BCUT2D eigenvalue weighted by Gasteiger charge is 2.22. The van der Waals surface area contributed by atoms with Crippen LogP contribution in [0.3, 0.4) is 0 Å². The minimum Gasteiger partial charge on any atom is -0.357 e. The van der Waals surface area contributed by atoms with Crippen molar-refractivity contribution < 1.29 is 8.78 Å². The van der Waals surface area contributed by atoms with Gasteiger partial charge in [-0.05, 0) is 32.3 Å². The van der Waals surface area contributed by atoms with Crippen molar-refractivity contribution in [1.82, 2.24) is 15.5 Å². The van der Waals surface area contributed by atoms with E-state index < -0.39 is 6.43 Å². The van der Waals surface area contributed by atoms with Gasteiger partial charge in [0.25, 0.3) is 6.43 Å². The summed E-state index contributed by atoms with van der Waals surface area (Å²) in [4.78, 5) is 6.58. The molecule has 2 rings (SSSR count). The summed E-state index contributed by atoms with van der Waals surface area (Å²) >= 11 is 0. The molecule has 0 saturated carbocycles. The summed E-state index contributed by atoms with van der Waals surface area (Å²) < 4.78 is 25.0. The number of likely N-dealkylation sites (tertiary alicyclic amines) is 1. The van der Waals surface area contributed by atoms with Gasteiger partial charge in [-0.15, -0.1) is 0 Å². The molecule has 26 heavy (non-hydrogen) atoms. The number of nitrogens with zero attached hydrogens (tertiary/aromatic N) is 2. The third kappa shape index (κ3) is 6.90. The van der Waals surface area contributed by atoms with Crippen molar-refractivity contribution in [3.8, 4) is 0 Å². The SMILES string of the molecule is CCNC(=NCC(C)c1cccc(C)c1)NC1CCN(CC(F)F)CC1. The lowest BCUT2D eigenvalue weighted by molar-refractivity contribution is 0.0744. The average molecular weight is 367 g/mol. The Balaban J connectivity index is 1.87. The molecule has 1 aliphatic heterocycles. The minimum absolute atomic E-state index is 0.116. The standard InChI is InChI=1S/C20H32F2N4/c1-4-23-20(24-13-16(3)17-7-5-6-15(2)12-17)25-18-8-10-26(11-9-18)14-19(21)22/h5-7,12,16,18-19H,4,8-11,13-14H2,1-3H3,(H2,23,24,25). The van der Waals surface area contributed by atoms with Gasteiger partial charge in [0, 0.05) is 38.1 Å². The molecule has 1 unspecified atom stereocenters. The second kappa shape index (κ2) is 10.5. The van der Waals surface area contributed by atoms with E-state index in [2.05, 4.69) is 48.7 Å². The summed E-state index contributed by atoms with van der Waals surface area (Å²) in [5, 5.41) is 6.77. The normalized spacial score (nSPS) is 18.2. The van der Waals surface area contributed by atoms with E-state index in [9.17, 15) is 8.78 Å². The van der Waals surface area contributed by atoms with Crippen molar-refractivity contribution in [3.05, 3.63) is 35.4 Å². The molecule has 1 atom stereocenters. The van der Waals surface area contributed by atoms with Crippen molar-refractivity contribution in [1.29, 1.82) is 0 Å². The van der Waals surface area contributed by atoms with E-state index in [1.165, 1.54) is 11.1 Å². The van der Waals surface area contributed by atoms with Crippen LogP contribution in [0.25, 0.3) is 0 Å². The van der Waals surface area contributed by atoms with Crippen LogP contribution in [-0.4, -0.2) is 56.1 Å². The lowest BCUT2D eigenvalue weighted by Gasteiger charge is -2.32. The zero-order valence-electron chi connectivity index (χ0n) is 16.1. The van der Waals surface area contributed by atoms with E-state index in [-0.39, 0.29) is 12.6 Å². The molecule has 0 bridgehead atoms. The van der Waals surface area contributed by atoms with E-state index in [1.807, 2.05) is 11.8 Å². The molecule has 6 heteroatoms. The molecule has 0 amide bonds. The monoisotopic (exact) mass is 366 g/mol. The summed E-state index contributed by atoms with van der Waals surface area (Å²) in [5.74, 6) is 1.16. The number of hydrogen-bond donors (Lipinski definition) is 2. The number of nitrogens with one attached hydrogen (secondary N) is 2. The molecule has 0 aliphatic carbocycles. The fourth-order valence-corrected chi connectivity index (χ4v) is 3.28. The van der Waals surface area contributed by atoms with E-state index in [0.717, 1.165) is 25.3 Å². The maximum absolute atomic E-state index is 12.5. The van der Waals surface area contributed by atoms with Crippen LogP contribution in [0.5, 0.6) is 0 Å². The van der Waals surface area contributed by atoms with E-state index >= 15 is 0 Å². The lowest BCUT2D eigenvalue weighted by atomic mass is 10.00. The van der Waals surface area contributed by atoms with Gasteiger partial charge < -0.3 is 10.6 Å². The molecular formula is C20H32F2N4. The summed E-state index contributed by atoms with van der Waals surface area (Å²) in [6.45, 7) is 9.15. The van der Waals surface area contributed by atoms with Crippen LogP contribution >= 0.6 is 0 Å². The molecule has 4 nitrogen and oxygen atoms in total. The van der Waals surface area contributed by atoms with Crippen LogP contribution < -0.4 is 10.6 Å². The smallest absolute Gasteiger partial charge is 0.251 e. The summed E-state index contributed by atoms with van der Waals surface area (Å²) in [5.41, 5.74) is 2.56. The van der Waals surface area contributed by atoms with Crippen LogP contribution in [0.1, 0.15) is 43.7 Å². The second-order valence-electron chi connectivity index (χ2n) is 7.15. The molecule has 146 valence electrons. The summed E-state index contributed by atoms with van der Waals surface area (Å²) in [6, 6.07) is 8.83. The van der Waals surface area contributed by atoms with Crippen molar-refractivity contribution in [3.63, 3.8) is 0 Å². The molecule has 0 aromatic heterocycles. The first kappa shape index (κ1) is 20.6. The molecule has 0 radical (unpaired) electrons. The van der Waals surface area contributed by atoms with E-state index in [4.69, 9.17) is 4.99 Å². The topological polar surface area (TPSA) is 39.7 Å². The van der Waals surface area contributed by atoms with Crippen LogP contribution in [0.15, 0.2) is 29.3 Å². The van der Waals surface area contributed by atoms with Gasteiger partial charge >= 0.3 is 0 Å². The van der Waals surface area contributed by atoms with Crippen LogP contribution in [0.4, 0.5) is 8.78 Å². The van der Waals surface area contributed by atoms with Crippen LogP contribution in [0.2, 0.25) is 0 Å². The van der Waals surface area contributed by atoms with Gasteiger partial charge in [-0.2, -0.15) is 0 Å². The number of rotatable bonds is 7. The fraction of sp³-hybridized carbons (Fsp3) is 0.650. The summed E-state index contributed by atoms with van der Waals surface area (Å²) in [6.07, 6.45) is -0.517. The number of alkyl halides is 2. The predicted molar refractivity (Wildman–Crippen MR) is 104 cm³/mol. The molecule has 1 aromatic rings. The Labute approximate surface area is 156 Å². The highest BCUT2D eigenvalue weighted by molar-refractivity contribution is 5.80. The van der Waals surface area contributed by atoms with Crippen molar-refractivity contribution in [2.75, 3.05) is 32.7 Å². The molecule has 2 N–H and O–H groups in total. The highest BCUT2D eigenvalue weighted by Crippen LogP contribution is 2.17. The van der Waals surface area contributed by atoms with Crippen molar-refractivity contribution in [2.24, 2.45) is 4.99 Å². The first-order chi connectivity index (χ1) is 12.5. The Hall–Kier alpha value is -1.69. The second-order valence-corrected chi connectivity index (χ2v) is 7.15. The summed E-state index contributed by atoms with van der Waals surface area (Å²) in [7, 11) is 0. The van der Waals surface area contributed by atoms with Crippen molar-refractivity contribution in [2.45, 2.75) is 52.0 Å². The maximum atomic E-state index is 12.5. The Morgan fingerprint density at radius 1 is 1.31 bits per heavy atom. The van der Waals surface area contributed by atoms with Gasteiger partial charge in [-0.1, -0.05) is 36.8 Å². The molecule has 1 aliphatic rings. The Bertz CT molecular complexity index is 569. The third-order valence-electron chi connectivity index (χ3n) is 4.80. The Morgan fingerprint density at radius 3 is 2.65 bits per heavy atom. The molecule has 1 saturated heterocycles. The van der Waals surface area contributed by atoms with Gasteiger partial charge in [-0.3, -0.25) is 9.89 Å². The van der Waals surface area contributed by atoms with Gasteiger partial charge in [0.2, 0.25) is 0 Å². The number of halogens is 2. The lowest BCUT2D eigenvalue weighted by Crippen LogP contribution is -2.49. The molecule has 1 aromatic carbocycles. The van der Waals surface area contributed by atoms with Crippen LogP contribution in [-0.2, 0) is 0 Å². The minimum atomic E-state index is -2.25. The third-order valence-corrected chi connectivity index (χ3v) is 4.80. The fourth-order valence-electron chi connectivity index (χ4n) is 3.28. The molecule has 1 heterocycles. The number of benzene rings is 1. The predicted octanol–water partition coefficient (Wildman–Crippen LogP) is 3.38. The number of aliphatic imine (C=N–C) groups is 1. The average Bonchev–Trinajstić information content (AvgIpc) is 2.61. The largest absolute Gasteiger partial charge is 0.357 e. The van der Waals surface area contributed by atoms with Crippen LogP contribution in [0, 0.1) is 6.92 Å². The number of guanidine groups is 1. The molecule has 0 spiro atoms. The molecule has 1 fully saturated rings. The van der Waals surface area contributed by atoms with Gasteiger partial charge in [-0.25, -0.2) is 8.78 Å². The zero-order chi connectivity index (χ0) is 18.9. The van der Waals surface area contributed by atoms with Gasteiger partial charge in [0.15, 0.2) is 5.96 Å². The van der Waals surface area contributed by atoms with Crippen molar-refractivity contribution >= 4 is 5.96 Å². The number of aryl methyl sites for hydroxylation is 1. The first-order valence-corrected chi connectivity index (χ1v) is 9.59. The zero-order valence-corrected chi connectivity index (χ0v) is 16.1. The quantitative estimate of drug-likeness (QED) is 0.574. The first-order valence-electron chi connectivity index (χ1n) is 9.59. The van der Waals surface area contributed by atoms with Gasteiger partial charge in [0.05, 0.1) is 6.54 Å². The highest BCUT2D eigenvalue weighted by atomic mass is 19.3. The Morgan fingerprint density at radius 2 is 2.04 bits per heavy atom. The van der Waals surface area contributed by atoms with Gasteiger partial charge in [0.1, 0.15) is 0 Å². The number of piperidine rings is 1. The van der Waals surface area contributed by atoms with E-state index in [0.29, 0.717) is 25.6 Å². The van der Waals surface area contributed by atoms with E-state index in [1.54, 1.807) is 0 Å². The number of hydrogen-bond acceptors (Lipinski definition) is 2.